The number of rotatable bonds is 6. The molecule has 4 rings (SSSR count). The second-order valence-corrected chi connectivity index (χ2v) is 8.57. The van der Waals surface area contributed by atoms with Crippen LogP contribution in [0.1, 0.15) is 38.4 Å². The van der Waals surface area contributed by atoms with E-state index in [-0.39, 0.29) is 11.5 Å². The van der Waals surface area contributed by atoms with Crippen LogP contribution in [-0.2, 0) is 4.79 Å². The molecular formula is C22H29N5O2. The molecule has 2 heterocycles. The van der Waals surface area contributed by atoms with Crippen LogP contribution in [0.4, 0.5) is 11.6 Å². The number of nitrogens with zero attached hydrogens (tertiary/aromatic N) is 4. The lowest BCUT2D eigenvalue weighted by Gasteiger charge is -2.47. The molecule has 1 saturated carbocycles. The van der Waals surface area contributed by atoms with Crippen molar-refractivity contribution in [2.45, 2.75) is 38.3 Å². The number of hydrogen-bond acceptors (Lipinski definition) is 6. The third kappa shape index (κ3) is 4.50. The number of anilines is 2. The molecule has 7 nitrogen and oxygen atoms in total. The Balaban J connectivity index is 1.39. The van der Waals surface area contributed by atoms with Crippen LogP contribution in [0, 0.1) is 5.92 Å². The molecule has 2 aromatic rings. The number of benzene rings is 1. The number of aromatic nitrogens is 2. The Hall–Kier alpha value is -2.67. The average molecular weight is 396 g/mol. The monoisotopic (exact) mass is 395 g/mol. The Morgan fingerprint density at radius 1 is 1.24 bits per heavy atom. The average Bonchev–Trinajstić information content (AvgIpc) is 3.57. The zero-order valence-corrected chi connectivity index (χ0v) is 17.1. The van der Waals surface area contributed by atoms with E-state index < -0.39 is 6.10 Å². The van der Waals surface area contributed by atoms with Gasteiger partial charge in [0, 0.05) is 38.2 Å². The lowest BCUT2D eigenvalue weighted by Crippen LogP contribution is -2.61. The van der Waals surface area contributed by atoms with E-state index >= 15 is 0 Å². The highest BCUT2D eigenvalue weighted by Crippen LogP contribution is 2.35. The molecular weight excluding hydrogens is 366 g/mol. The third-order valence-electron chi connectivity index (χ3n) is 5.73. The third-order valence-corrected chi connectivity index (χ3v) is 5.73. The molecule has 1 aromatic carbocycles. The van der Waals surface area contributed by atoms with E-state index in [1.807, 2.05) is 41.3 Å². The fourth-order valence-corrected chi connectivity index (χ4v) is 3.92. The second kappa shape index (κ2) is 7.99. The standard InChI is InChI=1S/C22H29N5O2/c1-22(2)14-26(10-11-27(22)21(29)17-8-9-17)20-12-19(24-15-25-20)23-13-18(28)16-6-4-3-5-7-16/h3-7,12,15,17-18,28H,8-11,13-14H2,1-2H3,(H,23,24,25). The van der Waals surface area contributed by atoms with Gasteiger partial charge >= 0.3 is 0 Å². The first kappa shape index (κ1) is 19.6. The van der Waals surface area contributed by atoms with Gasteiger partial charge in [0.05, 0.1) is 11.6 Å². The van der Waals surface area contributed by atoms with Crippen molar-refractivity contribution in [2.24, 2.45) is 5.92 Å². The van der Waals surface area contributed by atoms with Gasteiger partial charge in [-0.1, -0.05) is 30.3 Å². The van der Waals surface area contributed by atoms with Gasteiger partial charge in [-0.3, -0.25) is 4.79 Å². The van der Waals surface area contributed by atoms with Crippen LogP contribution in [0.3, 0.4) is 0 Å². The topological polar surface area (TPSA) is 81.6 Å². The molecule has 2 N–H and O–H groups in total. The minimum absolute atomic E-state index is 0.236. The molecule has 154 valence electrons. The Morgan fingerprint density at radius 3 is 2.69 bits per heavy atom. The highest BCUT2D eigenvalue weighted by atomic mass is 16.3. The first-order chi connectivity index (χ1) is 13.9. The fraction of sp³-hybridized carbons (Fsp3) is 0.500. The number of carbonyl (C=O) groups is 1. The summed E-state index contributed by atoms with van der Waals surface area (Å²) in [5.41, 5.74) is 0.632. The number of aliphatic hydroxyl groups excluding tert-OH is 1. The van der Waals surface area contributed by atoms with Gasteiger partial charge in [0.25, 0.3) is 0 Å². The number of nitrogens with one attached hydrogen (secondary N) is 1. The van der Waals surface area contributed by atoms with Crippen LogP contribution in [0.2, 0.25) is 0 Å². The van der Waals surface area contributed by atoms with Crippen molar-refractivity contribution in [2.75, 3.05) is 36.4 Å². The molecule has 0 radical (unpaired) electrons. The molecule has 1 aliphatic carbocycles. The van der Waals surface area contributed by atoms with E-state index in [9.17, 15) is 9.90 Å². The Labute approximate surface area is 171 Å². The summed E-state index contributed by atoms with van der Waals surface area (Å²) in [5.74, 6) is 2.06. The van der Waals surface area contributed by atoms with Crippen molar-refractivity contribution < 1.29 is 9.90 Å². The molecule has 1 amide bonds. The highest BCUT2D eigenvalue weighted by molar-refractivity contribution is 5.82. The zero-order valence-electron chi connectivity index (χ0n) is 17.1. The summed E-state index contributed by atoms with van der Waals surface area (Å²) in [6.07, 6.45) is 3.00. The lowest BCUT2D eigenvalue weighted by molar-refractivity contribution is -0.138. The van der Waals surface area contributed by atoms with Gasteiger partial charge in [-0.05, 0) is 32.3 Å². The molecule has 7 heteroatoms. The Bertz CT molecular complexity index is 853. The Kier molecular flexibility index (Phi) is 5.41. The largest absolute Gasteiger partial charge is 0.387 e. The molecule has 2 aliphatic rings. The van der Waals surface area contributed by atoms with Crippen LogP contribution in [0.15, 0.2) is 42.7 Å². The fourth-order valence-electron chi connectivity index (χ4n) is 3.92. The molecule has 0 bridgehead atoms. The van der Waals surface area contributed by atoms with E-state index in [4.69, 9.17) is 0 Å². The summed E-state index contributed by atoms with van der Waals surface area (Å²) in [6.45, 7) is 6.81. The van der Waals surface area contributed by atoms with E-state index in [0.717, 1.165) is 37.3 Å². The van der Waals surface area contributed by atoms with E-state index in [1.54, 1.807) is 6.33 Å². The number of hydrogen-bond donors (Lipinski definition) is 2. The van der Waals surface area contributed by atoms with Gasteiger partial charge in [0.2, 0.25) is 5.91 Å². The maximum absolute atomic E-state index is 12.6. The van der Waals surface area contributed by atoms with E-state index in [2.05, 4.69) is 34.0 Å². The number of carbonyl (C=O) groups excluding carboxylic acids is 1. The van der Waals surface area contributed by atoms with Crippen molar-refractivity contribution in [3.05, 3.63) is 48.3 Å². The molecule has 1 aromatic heterocycles. The first-order valence-corrected chi connectivity index (χ1v) is 10.3. The smallest absolute Gasteiger partial charge is 0.226 e. The van der Waals surface area contributed by atoms with Crippen molar-refractivity contribution in [3.63, 3.8) is 0 Å². The second-order valence-electron chi connectivity index (χ2n) is 8.57. The van der Waals surface area contributed by atoms with Crippen LogP contribution in [0.5, 0.6) is 0 Å². The Morgan fingerprint density at radius 2 is 2.00 bits per heavy atom. The summed E-state index contributed by atoms with van der Waals surface area (Å²) >= 11 is 0. The number of aliphatic hydroxyl groups is 1. The molecule has 1 aliphatic heterocycles. The molecule has 0 spiro atoms. The first-order valence-electron chi connectivity index (χ1n) is 10.3. The van der Waals surface area contributed by atoms with E-state index in [1.165, 1.54) is 0 Å². The highest BCUT2D eigenvalue weighted by Gasteiger charge is 2.42. The minimum atomic E-state index is -0.606. The molecule has 1 unspecified atom stereocenters. The van der Waals surface area contributed by atoms with E-state index in [0.29, 0.717) is 24.8 Å². The number of piperazine rings is 1. The molecule has 1 saturated heterocycles. The van der Waals surface area contributed by atoms with Crippen molar-refractivity contribution in [1.82, 2.24) is 14.9 Å². The quantitative estimate of drug-likeness (QED) is 0.782. The van der Waals surface area contributed by atoms with Gasteiger partial charge in [0.1, 0.15) is 18.0 Å². The summed E-state index contributed by atoms with van der Waals surface area (Å²) in [5, 5.41) is 13.5. The predicted molar refractivity (Wildman–Crippen MR) is 113 cm³/mol. The summed E-state index contributed by atoms with van der Waals surface area (Å²) < 4.78 is 0. The van der Waals surface area contributed by atoms with Crippen LogP contribution >= 0.6 is 0 Å². The predicted octanol–water partition coefficient (Wildman–Crippen LogP) is 2.46. The van der Waals surface area contributed by atoms with Gasteiger partial charge in [-0.2, -0.15) is 0 Å². The maximum atomic E-state index is 12.6. The summed E-state index contributed by atoms with van der Waals surface area (Å²) in [4.78, 5) is 25.6. The lowest BCUT2D eigenvalue weighted by atomic mass is 9.98. The molecule has 2 fully saturated rings. The zero-order chi connectivity index (χ0) is 20.4. The van der Waals surface area contributed by atoms with Crippen LogP contribution < -0.4 is 10.2 Å². The maximum Gasteiger partial charge on any atom is 0.226 e. The van der Waals surface area contributed by atoms with Crippen molar-refractivity contribution >= 4 is 17.5 Å². The van der Waals surface area contributed by atoms with Crippen molar-refractivity contribution in [3.8, 4) is 0 Å². The summed E-state index contributed by atoms with van der Waals surface area (Å²) in [7, 11) is 0. The van der Waals surface area contributed by atoms with Gasteiger partial charge in [0.15, 0.2) is 0 Å². The minimum Gasteiger partial charge on any atom is -0.387 e. The van der Waals surface area contributed by atoms with Crippen LogP contribution in [-0.4, -0.2) is 57.6 Å². The van der Waals surface area contributed by atoms with Gasteiger partial charge < -0.3 is 20.2 Å². The van der Waals surface area contributed by atoms with Crippen molar-refractivity contribution in [1.29, 1.82) is 0 Å². The van der Waals surface area contributed by atoms with Gasteiger partial charge in [-0.15, -0.1) is 0 Å². The molecule has 29 heavy (non-hydrogen) atoms. The summed E-state index contributed by atoms with van der Waals surface area (Å²) in [6, 6.07) is 11.5. The van der Waals surface area contributed by atoms with Gasteiger partial charge in [-0.25, -0.2) is 9.97 Å². The number of amides is 1. The van der Waals surface area contributed by atoms with Crippen LogP contribution in [0.25, 0.3) is 0 Å². The molecule has 1 atom stereocenters. The normalized spacial score (nSPS) is 19.7. The SMILES string of the molecule is CC1(C)CN(c2cc(NCC(O)c3ccccc3)ncn2)CCN1C(=O)C1CC1.